The van der Waals surface area contributed by atoms with Crippen LogP contribution in [0.5, 0.6) is 0 Å². The molecule has 1 aromatic carbocycles. The lowest BCUT2D eigenvalue weighted by atomic mass is 9.98. The van der Waals surface area contributed by atoms with E-state index in [9.17, 15) is 8.42 Å². The lowest BCUT2D eigenvalue weighted by molar-refractivity contribution is 0.179. The second-order valence-electron chi connectivity index (χ2n) is 5.23. The summed E-state index contributed by atoms with van der Waals surface area (Å²) in [5, 5.41) is 9.10. The lowest BCUT2D eigenvalue weighted by Crippen LogP contribution is -2.31. The van der Waals surface area contributed by atoms with Gasteiger partial charge in [-0.3, -0.25) is 4.72 Å². The molecule has 5 heteroatoms. The zero-order valence-electron chi connectivity index (χ0n) is 11.1. The highest BCUT2D eigenvalue weighted by Gasteiger charge is 2.25. The predicted octanol–water partition coefficient (Wildman–Crippen LogP) is 2.01. The summed E-state index contributed by atoms with van der Waals surface area (Å²) in [5.41, 5.74) is 1.07. The van der Waals surface area contributed by atoms with Gasteiger partial charge in [-0.2, -0.15) is 0 Å². The topological polar surface area (TPSA) is 66.4 Å². The van der Waals surface area contributed by atoms with Crippen LogP contribution in [0.25, 0.3) is 0 Å². The number of benzene rings is 1. The molecule has 0 atom stereocenters. The van der Waals surface area contributed by atoms with Crippen molar-refractivity contribution in [3.63, 3.8) is 0 Å². The van der Waals surface area contributed by atoms with E-state index in [1.54, 1.807) is 26.0 Å². The zero-order chi connectivity index (χ0) is 13.8. The molecule has 0 radical (unpaired) electrons. The molecule has 1 aromatic rings. The molecule has 0 bridgehead atoms. The van der Waals surface area contributed by atoms with Gasteiger partial charge in [-0.25, -0.2) is 8.42 Å². The van der Waals surface area contributed by atoms with Gasteiger partial charge in [0.25, 0.3) is 0 Å². The highest BCUT2D eigenvalue weighted by atomic mass is 32.2. The van der Waals surface area contributed by atoms with E-state index in [-0.39, 0.29) is 12.4 Å². The van der Waals surface area contributed by atoms with Crippen molar-refractivity contribution in [1.82, 2.24) is 0 Å². The highest BCUT2D eigenvalue weighted by Crippen LogP contribution is 2.19. The Balaban J connectivity index is 2.76. The number of sulfonamides is 1. The van der Waals surface area contributed by atoms with Gasteiger partial charge in [-0.1, -0.05) is 32.9 Å². The smallest absolute Gasteiger partial charge is 0.233 e. The van der Waals surface area contributed by atoms with Gasteiger partial charge in [-0.15, -0.1) is 0 Å². The van der Waals surface area contributed by atoms with Gasteiger partial charge in [0.2, 0.25) is 10.0 Å². The number of aryl methyl sites for hydroxylation is 1. The van der Waals surface area contributed by atoms with E-state index >= 15 is 0 Å². The van der Waals surface area contributed by atoms with Crippen molar-refractivity contribution in [2.45, 2.75) is 27.2 Å². The largest absolute Gasteiger partial charge is 0.396 e. The number of rotatable bonds is 6. The molecular weight excluding hydrogens is 250 g/mol. The molecule has 102 valence electrons. The summed E-state index contributed by atoms with van der Waals surface area (Å²) in [6.07, 6.45) is 0.921. The first-order valence-corrected chi connectivity index (χ1v) is 7.63. The summed E-state index contributed by atoms with van der Waals surface area (Å²) in [7, 11) is -3.43. The van der Waals surface area contributed by atoms with Gasteiger partial charge in [0, 0.05) is 17.7 Å². The fourth-order valence-corrected chi connectivity index (χ4v) is 3.27. The number of hydrogen-bond donors (Lipinski definition) is 2. The minimum atomic E-state index is -3.43. The van der Waals surface area contributed by atoms with Crippen LogP contribution in [0.1, 0.15) is 26.3 Å². The molecule has 0 saturated heterocycles. The SMILES string of the molecule is CCc1ccc(NS(=O)(=O)CC(C)(C)CO)cc1. The molecule has 0 heterocycles. The predicted molar refractivity (Wildman–Crippen MR) is 74.1 cm³/mol. The summed E-state index contributed by atoms with van der Waals surface area (Å²) in [4.78, 5) is 0. The van der Waals surface area contributed by atoms with Crippen molar-refractivity contribution >= 4 is 15.7 Å². The van der Waals surface area contributed by atoms with Crippen LogP contribution >= 0.6 is 0 Å². The van der Waals surface area contributed by atoms with Crippen LogP contribution in [0, 0.1) is 5.41 Å². The van der Waals surface area contributed by atoms with Gasteiger partial charge in [0.1, 0.15) is 0 Å². The molecule has 0 aliphatic heterocycles. The maximum absolute atomic E-state index is 11.9. The third kappa shape index (κ3) is 4.66. The molecule has 0 fully saturated rings. The molecule has 1 rings (SSSR count). The molecule has 18 heavy (non-hydrogen) atoms. The third-order valence-electron chi connectivity index (χ3n) is 2.64. The zero-order valence-corrected chi connectivity index (χ0v) is 11.9. The second kappa shape index (κ2) is 5.71. The van der Waals surface area contributed by atoms with E-state index < -0.39 is 15.4 Å². The van der Waals surface area contributed by atoms with Crippen LogP contribution in [0.3, 0.4) is 0 Å². The number of nitrogens with one attached hydrogen (secondary N) is 1. The standard InChI is InChI=1S/C13H21NO3S/c1-4-11-5-7-12(8-6-11)14-18(16,17)10-13(2,3)9-15/h5-8,14-15H,4,9-10H2,1-3H3. The normalized spacial score (nSPS) is 12.4. The monoisotopic (exact) mass is 271 g/mol. The van der Waals surface area contributed by atoms with Crippen molar-refractivity contribution in [2.24, 2.45) is 5.41 Å². The van der Waals surface area contributed by atoms with Crippen molar-refractivity contribution in [1.29, 1.82) is 0 Å². The Morgan fingerprint density at radius 3 is 2.22 bits per heavy atom. The third-order valence-corrected chi connectivity index (χ3v) is 4.35. The average molecular weight is 271 g/mol. The Kier molecular flexibility index (Phi) is 4.76. The maximum atomic E-state index is 11.9. The van der Waals surface area contributed by atoms with Crippen LogP contribution in [-0.2, 0) is 16.4 Å². The lowest BCUT2D eigenvalue weighted by Gasteiger charge is -2.21. The maximum Gasteiger partial charge on any atom is 0.233 e. The van der Waals surface area contributed by atoms with E-state index in [1.165, 1.54) is 0 Å². The van der Waals surface area contributed by atoms with Crippen molar-refractivity contribution in [3.8, 4) is 0 Å². The first-order valence-electron chi connectivity index (χ1n) is 5.98. The van der Waals surface area contributed by atoms with Gasteiger partial charge in [-0.05, 0) is 24.1 Å². The molecule has 0 spiro atoms. The Morgan fingerprint density at radius 2 is 1.78 bits per heavy atom. The van der Waals surface area contributed by atoms with Gasteiger partial charge < -0.3 is 5.11 Å². The Bertz CT molecular complexity index is 477. The first kappa shape index (κ1) is 15.0. The minimum absolute atomic E-state index is 0.105. The molecule has 0 unspecified atom stereocenters. The summed E-state index contributed by atoms with van der Waals surface area (Å²) in [6.45, 7) is 5.31. The summed E-state index contributed by atoms with van der Waals surface area (Å²) in [6, 6.07) is 7.30. The average Bonchev–Trinajstić information content (AvgIpc) is 2.28. The summed E-state index contributed by atoms with van der Waals surface area (Å²) in [5.74, 6) is -0.105. The van der Waals surface area contributed by atoms with Crippen LogP contribution in [0.4, 0.5) is 5.69 Å². The van der Waals surface area contributed by atoms with Gasteiger partial charge in [0.15, 0.2) is 0 Å². The van der Waals surface area contributed by atoms with E-state index in [0.29, 0.717) is 5.69 Å². The highest BCUT2D eigenvalue weighted by molar-refractivity contribution is 7.92. The molecule has 0 saturated carbocycles. The summed E-state index contributed by atoms with van der Waals surface area (Å²) < 4.78 is 26.3. The Hall–Kier alpha value is -1.07. The molecule has 0 aliphatic rings. The second-order valence-corrected chi connectivity index (χ2v) is 6.96. The Labute approximate surface area is 109 Å². The van der Waals surface area contributed by atoms with E-state index in [0.717, 1.165) is 12.0 Å². The number of anilines is 1. The van der Waals surface area contributed by atoms with E-state index in [1.807, 2.05) is 19.1 Å². The van der Waals surface area contributed by atoms with Gasteiger partial charge >= 0.3 is 0 Å². The number of aliphatic hydroxyl groups is 1. The fourth-order valence-electron chi connectivity index (χ4n) is 1.58. The minimum Gasteiger partial charge on any atom is -0.396 e. The molecule has 4 nitrogen and oxygen atoms in total. The quantitative estimate of drug-likeness (QED) is 0.831. The van der Waals surface area contributed by atoms with Crippen molar-refractivity contribution in [3.05, 3.63) is 29.8 Å². The van der Waals surface area contributed by atoms with E-state index in [2.05, 4.69) is 4.72 Å². The number of hydrogen-bond acceptors (Lipinski definition) is 3. The van der Waals surface area contributed by atoms with Crippen molar-refractivity contribution in [2.75, 3.05) is 17.1 Å². The molecule has 2 N–H and O–H groups in total. The van der Waals surface area contributed by atoms with Crippen LogP contribution < -0.4 is 4.72 Å². The molecule has 0 aromatic heterocycles. The molecular formula is C13H21NO3S. The molecule has 0 amide bonds. The first-order chi connectivity index (χ1) is 8.28. The summed E-state index contributed by atoms with van der Waals surface area (Å²) >= 11 is 0. The fraction of sp³-hybridized carbons (Fsp3) is 0.538. The number of aliphatic hydroxyl groups excluding tert-OH is 1. The van der Waals surface area contributed by atoms with Crippen LogP contribution in [0.2, 0.25) is 0 Å². The van der Waals surface area contributed by atoms with Gasteiger partial charge in [0.05, 0.1) is 5.75 Å². The Morgan fingerprint density at radius 1 is 1.22 bits per heavy atom. The van der Waals surface area contributed by atoms with Crippen LogP contribution in [-0.4, -0.2) is 25.9 Å². The van der Waals surface area contributed by atoms with Crippen LogP contribution in [0.15, 0.2) is 24.3 Å². The van der Waals surface area contributed by atoms with Crippen molar-refractivity contribution < 1.29 is 13.5 Å². The van der Waals surface area contributed by atoms with E-state index in [4.69, 9.17) is 5.11 Å². The molecule has 0 aliphatic carbocycles.